The lowest BCUT2D eigenvalue weighted by Crippen LogP contribution is -2.12. The Kier molecular flexibility index (Phi) is 3.61. The Morgan fingerprint density at radius 1 is 1.32 bits per heavy atom. The van der Waals surface area contributed by atoms with E-state index in [1.165, 1.54) is 12.4 Å². The molecule has 0 spiro atoms. The maximum absolute atomic E-state index is 12.2. The van der Waals surface area contributed by atoms with Gasteiger partial charge in [-0.05, 0) is 38.5 Å². The molecule has 5 nitrogen and oxygen atoms in total. The minimum Gasteiger partial charge on any atom is -0.280 e. The zero-order valence-electron chi connectivity index (χ0n) is 11.2. The van der Waals surface area contributed by atoms with Crippen molar-refractivity contribution in [1.82, 2.24) is 9.78 Å². The largest absolute Gasteiger partial charge is 0.280 e. The molecule has 0 bridgehead atoms. The van der Waals surface area contributed by atoms with Crippen LogP contribution in [0.25, 0.3) is 0 Å². The third-order valence-corrected chi connectivity index (χ3v) is 4.02. The van der Waals surface area contributed by atoms with Gasteiger partial charge in [-0.15, -0.1) is 0 Å². The van der Waals surface area contributed by atoms with Crippen LogP contribution in [-0.4, -0.2) is 18.2 Å². The molecule has 0 unspecified atom stereocenters. The van der Waals surface area contributed by atoms with Gasteiger partial charge in [-0.3, -0.25) is 9.40 Å². The van der Waals surface area contributed by atoms with Gasteiger partial charge >= 0.3 is 0 Å². The zero-order chi connectivity index (χ0) is 14.0. The van der Waals surface area contributed by atoms with E-state index < -0.39 is 10.0 Å². The summed E-state index contributed by atoms with van der Waals surface area (Å²) in [5.74, 6) is 0. The van der Waals surface area contributed by atoms with Gasteiger partial charge in [0.25, 0.3) is 10.0 Å². The van der Waals surface area contributed by atoms with Crippen molar-refractivity contribution in [3.63, 3.8) is 0 Å². The van der Waals surface area contributed by atoms with Crippen molar-refractivity contribution in [2.75, 3.05) is 4.72 Å². The molecule has 1 aromatic carbocycles. The minimum absolute atomic E-state index is 0.128. The number of sulfonamides is 1. The number of hydrogen-bond acceptors (Lipinski definition) is 3. The Hall–Kier alpha value is -1.82. The van der Waals surface area contributed by atoms with E-state index in [-0.39, 0.29) is 10.9 Å². The van der Waals surface area contributed by atoms with Gasteiger partial charge in [-0.25, -0.2) is 8.42 Å². The molecular formula is C13H17N3O2S. The highest BCUT2D eigenvalue weighted by molar-refractivity contribution is 7.92. The molecule has 2 aromatic rings. The summed E-state index contributed by atoms with van der Waals surface area (Å²) in [6.45, 7) is 5.79. The summed E-state index contributed by atoms with van der Waals surface area (Å²) in [4.78, 5) is 0.169. The highest BCUT2D eigenvalue weighted by Crippen LogP contribution is 2.17. The molecule has 0 amide bonds. The van der Waals surface area contributed by atoms with Crippen LogP contribution in [0.3, 0.4) is 0 Å². The van der Waals surface area contributed by atoms with Crippen LogP contribution >= 0.6 is 0 Å². The lowest BCUT2D eigenvalue weighted by Gasteiger charge is -2.07. The molecule has 0 saturated carbocycles. The quantitative estimate of drug-likeness (QED) is 0.935. The first-order chi connectivity index (χ1) is 8.88. The van der Waals surface area contributed by atoms with Crippen LogP contribution in [0.1, 0.15) is 25.5 Å². The number of benzene rings is 1. The Balaban J connectivity index is 2.27. The summed E-state index contributed by atoms with van der Waals surface area (Å²) in [6, 6.07) is 7.35. The smallest absolute Gasteiger partial charge is 0.265 e. The fraction of sp³-hybridized carbons (Fsp3) is 0.308. The summed E-state index contributed by atoms with van der Waals surface area (Å²) in [5, 5.41) is 4.04. The Bertz CT molecular complexity index is 675. The van der Waals surface area contributed by atoms with Crippen LogP contribution in [0.4, 0.5) is 5.69 Å². The molecular weight excluding hydrogens is 262 g/mol. The van der Waals surface area contributed by atoms with E-state index in [9.17, 15) is 8.42 Å². The molecule has 0 fully saturated rings. The Morgan fingerprint density at radius 2 is 2.05 bits per heavy atom. The van der Waals surface area contributed by atoms with Crippen molar-refractivity contribution in [3.8, 4) is 0 Å². The number of anilines is 1. The SMILES string of the molecule is Cc1cccc(NS(=O)(=O)c2cnn(C(C)C)c2)c1. The van der Waals surface area contributed by atoms with Crippen molar-refractivity contribution in [1.29, 1.82) is 0 Å². The standard InChI is InChI=1S/C13H17N3O2S/c1-10(2)16-9-13(8-14-16)19(17,18)15-12-6-4-5-11(3)7-12/h4-10,15H,1-3H3. The summed E-state index contributed by atoms with van der Waals surface area (Å²) < 4.78 is 28.5. The summed E-state index contributed by atoms with van der Waals surface area (Å²) in [6.07, 6.45) is 2.89. The monoisotopic (exact) mass is 279 g/mol. The van der Waals surface area contributed by atoms with E-state index in [0.29, 0.717) is 5.69 Å². The molecule has 19 heavy (non-hydrogen) atoms. The highest BCUT2D eigenvalue weighted by Gasteiger charge is 2.17. The van der Waals surface area contributed by atoms with Gasteiger partial charge in [0, 0.05) is 17.9 Å². The molecule has 0 aliphatic heterocycles. The molecule has 0 radical (unpaired) electrons. The van der Waals surface area contributed by atoms with E-state index >= 15 is 0 Å². The van der Waals surface area contributed by atoms with Crippen LogP contribution in [0, 0.1) is 6.92 Å². The first-order valence-corrected chi connectivity index (χ1v) is 7.50. The van der Waals surface area contributed by atoms with E-state index in [2.05, 4.69) is 9.82 Å². The second kappa shape index (κ2) is 5.05. The van der Waals surface area contributed by atoms with Crippen LogP contribution in [0.5, 0.6) is 0 Å². The van der Waals surface area contributed by atoms with Gasteiger partial charge in [-0.2, -0.15) is 5.10 Å². The van der Waals surface area contributed by atoms with Gasteiger partial charge in [0.05, 0.1) is 6.20 Å². The van der Waals surface area contributed by atoms with Gasteiger partial charge < -0.3 is 0 Å². The molecule has 0 atom stereocenters. The first-order valence-electron chi connectivity index (χ1n) is 6.02. The molecule has 102 valence electrons. The van der Waals surface area contributed by atoms with Crippen LogP contribution < -0.4 is 4.72 Å². The summed E-state index contributed by atoms with van der Waals surface area (Å²) in [7, 11) is -3.58. The molecule has 6 heteroatoms. The van der Waals surface area contributed by atoms with Crippen molar-refractivity contribution in [3.05, 3.63) is 42.2 Å². The fourth-order valence-electron chi connectivity index (χ4n) is 1.66. The lowest BCUT2D eigenvalue weighted by atomic mass is 10.2. The van der Waals surface area contributed by atoms with Crippen LogP contribution in [0.15, 0.2) is 41.6 Å². The number of hydrogen-bond donors (Lipinski definition) is 1. The van der Waals surface area contributed by atoms with Gasteiger partial charge in [-0.1, -0.05) is 12.1 Å². The second-order valence-corrected chi connectivity index (χ2v) is 6.41. The molecule has 1 N–H and O–H groups in total. The van der Waals surface area contributed by atoms with E-state index in [1.807, 2.05) is 32.9 Å². The highest BCUT2D eigenvalue weighted by atomic mass is 32.2. The van der Waals surface area contributed by atoms with E-state index in [0.717, 1.165) is 5.56 Å². The van der Waals surface area contributed by atoms with Crippen molar-refractivity contribution < 1.29 is 8.42 Å². The summed E-state index contributed by atoms with van der Waals surface area (Å²) in [5.41, 5.74) is 1.55. The van der Waals surface area contributed by atoms with Crippen molar-refractivity contribution in [2.45, 2.75) is 31.7 Å². The van der Waals surface area contributed by atoms with Crippen LogP contribution in [0.2, 0.25) is 0 Å². The molecule has 1 heterocycles. The van der Waals surface area contributed by atoms with Crippen molar-refractivity contribution >= 4 is 15.7 Å². The second-order valence-electron chi connectivity index (χ2n) is 4.72. The maximum atomic E-state index is 12.2. The number of nitrogens with zero attached hydrogens (tertiary/aromatic N) is 2. The van der Waals surface area contributed by atoms with Gasteiger partial charge in [0.2, 0.25) is 0 Å². The average molecular weight is 279 g/mol. The number of rotatable bonds is 4. The molecule has 0 aliphatic rings. The van der Waals surface area contributed by atoms with Crippen LogP contribution in [-0.2, 0) is 10.0 Å². The van der Waals surface area contributed by atoms with Crippen molar-refractivity contribution in [2.24, 2.45) is 0 Å². The molecule has 2 rings (SSSR count). The topological polar surface area (TPSA) is 64.0 Å². The average Bonchev–Trinajstić information content (AvgIpc) is 2.78. The number of nitrogens with one attached hydrogen (secondary N) is 1. The zero-order valence-corrected chi connectivity index (χ0v) is 12.0. The minimum atomic E-state index is -3.58. The third-order valence-electron chi connectivity index (χ3n) is 2.69. The third kappa shape index (κ3) is 3.14. The number of aryl methyl sites for hydroxylation is 1. The predicted octanol–water partition coefficient (Wildman–Crippen LogP) is 2.57. The predicted molar refractivity (Wildman–Crippen MR) is 74.6 cm³/mol. The normalized spacial score (nSPS) is 11.8. The maximum Gasteiger partial charge on any atom is 0.265 e. The van der Waals surface area contributed by atoms with Gasteiger partial charge in [0.1, 0.15) is 4.90 Å². The molecule has 0 aliphatic carbocycles. The summed E-state index contributed by atoms with van der Waals surface area (Å²) >= 11 is 0. The molecule has 0 saturated heterocycles. The molecule has 1 aromatic heterocycles. The van der Waals surface area contributed by atoms with Gasteiger partial charge in [0.15, 0.2) is 0 Å². The Labute approximate surface area is 113 Å². The first kappa shape index (κ1) is 13.6. The van der Waals surface area contributed by atoms with E-state index in [4.69, 9.17) is 0 Å². The lowest BCUT2D eigenvalue weighted by molar-refractivity contribution is 0.531. The fourth-order valence-corrected chi connectivity index (χ4v) is 2.65. The van der Waals surface area contributed by atoms with E-state index in [1.54, 1.807) is 16.8 Å². The number of aromatic nitrogens is 2. The Morgan fingerprint density at radius 3 is 2.63 bits per heavy atom.